The van der Waals surface area contributed by atoms with Crippen LogP contribution in [0.1, 0.15) is 32.3 Å². The predicted molar refractivity (Wildman–Crippen MR) is 86.1 cm³/mol. The molecule has 1 fully saturated rings. The predicted octanol–water partition coefficient (Wildman–Crippen LogP) is 2.09. The SMILES string of the molecule is CC(C)Oc1ccc(CCNC(=O)NCC2(CO)CC2)cc1. The highest BCUT2D eigenvalue weighted by atomic mass is 16.5. The van der Waals surface area contributed by atoms with Crippen LogP contribution in [0.15, 0.2) is 24.3 Å². The molecule has 1 saturated carbocycles. The summed E-state index contributed by atoms with van der Waals surface area (Å²) in [4.78, 5) is 11.7. The number of hydrogen-bond donors (Lipinski definition) is 3. The molecule has 0 spiro atoms. The van der Waals surface area contributed by atoms with E-state index in [2.05, 4.69) is 10.6 Å². The third-order valence-electron chi connectivity index (χ3n) is 3.91. The van der Waals surface area contributed by atoms with E-state index in [9.17, 15) is 9.90 Å². The smallest absolute Gasteiger partial charge is 0.314 e. The minimum absolute atomic E-state index is 0.0520. The molecule has 1 aliphatic rings. The second kappa shape index (κ2) is 7.49. The van der Waals surface area contributed by atoms with Gasteiger partial charge in [0.05, 0.1) is 12.7 Å². The number of carbonyl (C=O) groups excluding carboxylic acids is 1. The van der Waals surface area contributed by atoms with Crippen LogP contribution in [0.3, 0.4) is 0 Å². The molecule has 22 heavy (non-hydrogen) atoms. The third-order valence-corrected chi connectivity index (χ3v) is 3.91. The van der Waals surface area contributed by atoms with Crippen molar-refractivity contribution in [3.05, 3.63) is 29.8 Å². The average molecular weight is 306 g/mol. The van der Waals surface area contributed by atoms with Crippen LogP contribution in [-0.4, -0.2) is 36.9 Å². The largest absolute Gasteiger partial charge is 0.491 e. The van der Waals surface area contributed by atoms with Crippen LogP contribution in [-0.2, 0) is 6.42 Å². The fourth-order valence-corrected chi connectivity index (χ4v) is 2.23. The van der Waals surface area contributed by atoms with Gasteiger partial charge in [-0.3, -0.25) is 0 Å². The van der Waals surface area contributed by atoms with E-state index in [1.807, 2.05) is 38.1 Å². The van der Waals surface area contributed by atoms with Gasteiger partial charge in [-0.1, -0.05) is 12.1 Å². The number of nitrogens with one attached hydrogen (secondary N) is 2. The Hall–Kier alpha value is -1.75. The van der Waals surface area contributed by atoms with E-state index in [0.717, 1.165) is 30.6 Å². The van der Waals surface area contributed by atoms with Crippen LogP contribution in [0.4, 0.5) is 4.79 Å². The van der Waals surface area contributed by atoms with Crippen molar-refractivity contribution in [2.75, 3.05) is 19.7 Å². The number of rotatable bonds is 8. The van der Waals surface area contributed by atoms with Crippen LogP contribution in [0.25, 0.3) is 0 Å². The first-order valence-electron chi connectivity index (χ1n) is 7.91. The highest BCUT2D eigenvalue weighted by Gasteiger charge is 2.42. The molecule has 3 N–H and O–H groups in total. The topological polar surface area (TPSA) is 70.6 Å². The van der Waals surface area contributed by atoms with Gasteiger partial charge < -0.3 is 20.5 Å². The summed E-state index contributed by atoms with van der Waals surface area (Å²) in [7, 11) is 0. The number of urea groups is 1. The van der Waals surface area contributed by atoms with Crippen LogP contribution in [0, 0.1) is 5.41 Å². The minimum atomic E-state index is -0.167. The Morgan fingerprint density at radius 3 is 2.50 bits per heavy atom. The summed E-state index contributed by atoms with van der Waals surface area (Å²) in [5.74, 6) is 0.864. The first-order chi connectivity index (χ1) is 10.5. The Bertz CT molecular complexity index is 481. The molecular weight excluding hydrogens is 280 g/mol. The quantitative estimate of drug-likeness (QED) is 0.689. The first kappa shape index (κ1) is 16.6. The van der Waals surface area contributed by atoms with Crippen molar-refractivity contribution >= 4 is 6.03 Å². The van der Waals surface area contributed by atoms with E-state index in [0.29, 0.717) is 13.1 Å². The van der Waals surface area contributed by atoms with Gasteiger partial charge in [0.25, 0.3) is 0 Å². The summed E-state index contributed by atoms with van der Waals surface area (Å²) in [6, 6.07) is 7.77. The second-order valence-corrected chi connectivity index (χ2v) is 6.33. The summed E-state index contributed by atoms with van der Waals surface area (Å²) in [6.45, 7) is 5.29. The molecule has 0 aliphatic heterocycles. The highest BCUT2D eigenvalue weighted by molar-refractivity contribution is 5.73. The van der Waals surface area contributed by atoms with Crippen molar-refractivity contribution in [3.8, 4) is 5.75 Å². The Labute approximate surface area is 132 Å². The molecule has 122 valence electrons. The van der Waals surface area contributed by atoms with Crippen molar-refractivity contribution < 1.29 is 14.6 Å². The lowest BCUT2D eigenvalue weighted by Crippen LogP contribution is -2.40. The molecule has 1 aliphatic carbocycles. The van der Waals surface area contributed by atoms with Gasteiger partial charge in [0, 0.05) is 18.5 Å². The van der Waals surface area contributed by atoms with Gasteiger partial charge in [0.15, 0.2) is 0 Å². The number of ether oxygens (including phenoxy) is 1. The zero-order valence-electron chi connectivity index (χ0n) is 13.4. The fourth-order valence-electron chi connectivity index (χ4n) is 2.23. The lowest BCUT2D eigenvalue weighted by atomic mass is 10.1. The summed E-state index contributed by atoms with van der Waals surface area (Å²) in [5, 5.41) is 14.9. The molecule has 0 heterocycles. The molecule has 0 bridgehead atoms. The normalized spacial score (nSPS) is 15.5. The number of amides is 2. The van der Waals surface area contributed by atoms with Crippen LogP contribution < -0.4 is 15.4 Å². The summed E-state index contributed by atoms with van der Waals surface area (Å²) in [6.07, 6.45) is 2.94. The number of aliphatic hydroxyl groups is 1. The molecule has 0 atom stereocenters. The third kappa shape index (κ3) is 5.22. The highest BCUT2D eigenvalue weighted by Crippen LogP contribution is 2.44. The van der Waals surface area contributed by atoms with Crippen LogP contribution >= 0.6 is 0 Å². The van der Waals surface area contributed by atoms with Gasteiger partial charge >= 0.3 is 6.03 Å². The van der Waals surface area contributed by atoms with Gasteiger partial charge in [0.1, 0.15) is 5.75 Å². The van der Waals surface area contributed by atoms with E-state index in [1.54, 1.807) is 0 Å². The first-order valence-corrected chi connectivity index (χ1v) is 7.91. The van der Waals surface area contributed by atoms with E-state index in [-0.39, 0.29) is 24.2 Å². The number of aliphatic hydroxyl groups excluding tert-OH is 1. The van der Waals surface area contributed by atoms with E-state index in [4.69, 9.17) is 4.74 Å². The van der Waals surface area contributed by atoms with Crippen LogP contribution in [0.5, 0.6) is 5.75 Å². The molecule has 0 saturated heterocycles. The molecule has 0 radical (unpaired) electrons. The van der Waals surface area contributed by atoms with Crippen molar-refractivity contribution in [2.24, 2.45) is 5.41 Å². The van der Waals surface area contributed by atoms with Crippen molar-refractivity contribution in [2.45, 2.75) is 39.2 Å². The van der Waals surface area contributed by atoms with Gasteiger partial charge in [-0.25, -0.2) is 4.79 Å². The zero-order chi connectivity index (χ0) is 16.0. The monoisotopic (exact) mass is 306 g/mol. The second-order valence-electron chi connectivity index (χ2n) is 6.33. The van der Waals surface area contributed by atoms with Crippen LogP contribution in [0.2, 0.25) is 0 Å². The minimum Gasteiger partial charge on any atom is -0.491 e. The van der Waals surface area contributed by atoms with E-state index in [1.165, 1.54) is 0 Å². The maximum atomic E-state index is 11.7. The lowest BCUT2D eigenvalue weighted by Gasteiger charge is -2.13. The Balaban J connectivity index is 1.64. The van der Waals surface area contributed by atoms with Gasteiger partial charge in [-0.15, -0.1) is 0 Å². The summed E-state index contributed by atoms with van der Waals surface area (Å²) < 4.78 is 5.59. The Morgan fingerprint density at radius 1 is 1.27 bits per heavy atom. The van der Waals surface area contributed by atoms with E-state index < -0.39 is 0 Å². The molecule has 2 rings (SSSR count). The van der Waals surface area contributed by atoms with Crippen molar-refractivity contribution in [1.82, 2.24) is 10.6 Å². The van der Waals surface area contributed by atoms with E-state index >= 15 is 0 Å². The maximum absolute atomic E-state index is 11.7. The molecule has 0 aromatic heterocycles. The fraction of sp³-hybridized carbons (Fsp3) is 0.588. The molecular formula is C17H26N2O3. The molecule has 0 unspecified atom stereocenters. The Kier molecular flexibility index (Phi) is 5.66. The standard InChI is InChI=1S/C17H26N2O3/c1-13(2)22-15-5-3-14(4-6-15)7-10-18-16(21)19-11-17(12-20)8-9-17/h3-6,13,20H,7-12H2,1-2H3,(H2,18,19,21). The number of carbonyl (C=O) groups is 1. The molecule has 1 aromatic carbocycles. The van der Waals surface area contributed by atoms with Gasteiger partial charge in [-0.05, 0) is 50.8 Å². The summed E-state index contributed by atoms with van der Waals surface area (Å²) in [5.41, 5.74) is 1.11. The molecule has 5 heteroatoms. The zero-order valence-corrected chi connectivity index (χ0v) is 13.4. The van der Waals surface area contributed by atoms with Gasteiger partial charge in [-0.2, -0.15) is 0 Å². The maximum Gasteiger partial charge on any atom is 0.314 e. The lowest BCUT2D eigenvalue weighted by molar-refractivity contribution is 0.203. The molecule has 2 amide bonds. The Morgan fingerprint density at radius 2 is 1.95 bits per heavy atom. The van der Waals surface area contributed by atoms with Crippen molar-refractivity contribution in [1.29, 1.82) is 0 Å². The molecule has 5 nitrogen and oxygen atoms in total. The summed E-state index contributed by atoms with van der Waals surface area (Å²) >= 11 is 0. The van der Waals surface area contributed by atoms with Crippen molar-refractivity contribution in [3.63, 3.8) is 0 Å². The number of benzene rings is 1. The number of hydrogen-bond acceptors (Lipinski definition) is 3. The average Bonchev–Trinajstić information content (AvgIpc) is 3.27. The molecule has 1 aromatic rings. The van der Waals surface area contributed by atoms with Gasteiger partial charge in [0.2, 0.25) is 0 Å².